The Bertz CT molecular complexity index is 532. The fourth-order valence-corrected chi connectivity index (χ4v) is 4.77. The molecule has 0 spiro atoms. The van der Waals surface area contributed by atoms with Gasteiger partial charge < -0.3 is 4.74 Å². The summed E-state index contributed by atoms with van der Waals surface area (Å²) < 4.78 is 6.03. The Kier molecular flexibility index (Phi) is 3.87. The summed E-state index contributed by atoms with van der Waals surface area (Å²) in [7, 11) is 0. The molecule has 0 bridgehead atoms. The first-order valence-electron chi connectivity index (χ1n) is 8.78. The number of carbonyl (C=O) groups is 1. The summed E-state index contributed by atoms with van der Waals surface area (Å²) in [6.45, 7) is 12.9. The van der Waals surface area contributed by atoms with Gasteiger partial charge in [-0.3, -0.25) is 4.79 Å². The summed E-state index contributed by atoms with van der Waals surface area (Å²) in [5.41, 5.74) is 2.41. The van der Waals surface area contributed by atoms with Crippen LogP contribution in [0.25, 0.3) is 0 Å². The maximum atomic E-state index is 12.8. The summed E-state index contributed by atoms with van der Waals surface area (Å²) in [4.78, 5) is 12.8. The molecule has 1 aliphatic heterocycles. The predicted molar refractivity (Wildman–Crippen MR) is 89.6 cm³/mol. The van der Waals surface area contributed by atoms with E-state index in [1.54, 1.807) is 0 Å². The lowest BCUT2D eigenvalue weighted by Gasteiger charge is -2.33. The second-order valence-electron chi connectivity index (χ2n) is 8.36. The molecule has 1 unspecified atom stereocenters. The Morgan fingerprint density at radius 1 is 1.41 bits per heavy atom. The third-order valence-corrected chi connectivity index (χ3v) is 6.61. The van der Waals surface area contributed by atoms with E-state index in [4.69, 9.17) is 4.74 Å². The lowest BCUT2D eigenvalue weighted by Crippen LogP contribution is -2.33. The van der Waals surface area contributed by atoms with E-state index in [-0.39, 0.29) is 17.1 Å². The third-order valence-electron chi connectivity index (χ3n) is 6.61. The molecule has 2 heteroatoms. The van der Waals surface area contributed by atoms with Gasteiger partial charge in [-0.2, -0.15) is 0 Å². The van der Waals surface area contributed by atoms with Crippen LogP contribution in [-0.2, 0) is 9.53 Å². The number of ether oxygens (including phenoxy) is 1. The summed E-state index contributed by atoms with van der Waals surface area (Å²) >= 11 is 0. The fraction of sp³-hybridized carbons (Fsp3) is 0.750. The van der Waals surface area contributed by atoms with E-state index in [2.05, 4.69) is 40.3 Å². The van der Waals surface area contributed by atoms with E-state index >= 15 is 0 Å². The van der Waals surface area contributed by atoms with Crippen molar-refractivity contribution in [2.75, 3.05) is 0 Å². The molecule has 2 fully saturated rings. The molecule has 0 N–H and O–H groups in total. The van der Waals surface area contributed by atoms with Gasteiger partial charge in [-0.15, -0.1) is 0 Å². The molecule has 0 aromatic heterocycles. The van der Waals surface area contributed by atoms with Crippen LogP contribution >= 0.6 is 0 Å². The smallest absolute Gasteiger partial charge is 0.139 e. The highest BCUT2D eigenvalue weighted by atomic mass is 16.6. The number of fused-ring (bicyclic) bond motifs is 2. The summed E-state index contributed by atoms with van der Waals surface area (Å²) in [6, 6.07) is 0. The number of rotatable bonds is 1. The Labute approximate surface area is 135 Å². The molecule has 1 heterocycles. The molecule has 0 amide bonds. The molecule has 5 atom stereocenters. The molecule has 2 nitrogen and oxygen atoms in total. The first-order valence-corrected chi connectivity index (χ1v) is 8.78. The topological polar surface area (TPSA) is 29.6 Å². The van der Waals surface area contributed by atoms with Gasteiger partial charge in [0.1, 0.15) is 5.78 Å². The van der Waals surface area contributed by atoms with Crippen LogP contribution in [0.1, 0.15) is 66.2 Å². The van der Waals surface area contributed by atoms with Crippen LogP contribution in [0.5, 0.6) is 0 Å². The number of hydrogen-bond acceptors (Lipinski definition) is 2. The van der Waals surface area contributed by atoms with Gasteiger partial charge in [0.2, 0.25) is 0 Å². The van der Waals surface area contributed by atoms with Crippen LogP contribution in [0.2, 0.25) is 0 Å². The van der Waals surface area contributed by atoms with Crippen molar-refractivity contribution in [3.8, 4) is 0 Å². The van der Waals surface area contributed by atoms with Crippen molar-refractivity contribution in [2.24, 2.45) is 17.3 Å². The normalized spacial score (nSPS) is 47.7. The molecule has 0 radical (unpaired) electrons. The first-order chi connectivity index (χ1) is 10.3. The largest absolute Gasteiger partial charge is 0.366 e. The number of ketones is 1. The standard InChI is InChI=1S/C20H30O2/c1-13(2)15-11-17(21)19(4)12-18-20(5,22-18)10-6-7-14(3)8-9-16(15)19/h7,15-16,18H,1,6,8-12H2,2-5H3/b14-7+/t15-,16-,18?,19+,20-/m1/s1. The highest BCUT2D eigenvalue weighted by molar-refractivity contribution is 5.88. The minimum Gasteiger partial charge on any atom is -0.366 e. The van der Waals surface area contributed by atoms with E-state index in [1.807, 2.05) is 0 Å². The van der Waals surface area contributed by atoms with Gasteiger partial charge in [-0.25, -0.2) is 0 Å². The van der Waals surface area contributed by atoms with Crippen molar-refractivity contribution < 1.29 is 9.53 Å². The van der Waals surface area contributed by atoms with Crippen molar-refractivity contribution >= 4 is 5.78 Å². The van der Waals surface area contributed by atoms with E-state index in [9.17, 15) is 4.79 Å². The van der Waals surface area contributed by atoms with Crippen molar-refractivity contribution in [1.82, 2.24) is 0 Å². The molecule has 1 saturated heterocycles. The predicted octanol–water partition coefficient (Wildman–Crippen LogP) is 4.84. The molecule has 2 aliphatic carbocycles. The summed E-state index contributed by atoms with van der Waals surface area (Å²) in [6.07, 6.45) is 8.61. The molecule has 22 heavy (non-hydrogen) atoms. The molecule has 122 valence electrons. The first kappa shape index (κ1) is 16.0. The maximum Gasteiger partial charge on any atom is 0.139 e. The fourth-order valence-electron chi connectivity index (χ4n) is 4.77. The van der Waals surface area contributed by atoms with Crippen molar-refractivity contribution in [2.45, 2.75) is 77.9 Å². The summed E-state index contributed by atoms with van der Waals surface area (Å²) in [5, 5.41) is 0. The Morgan fingerprint density at radius 3 is 2.82 bits per heavy atom. The van der Waals surface area contributed by atoms with Gasteiger partial charge in [0, 0.05) is 11.8 Å². The van der Waals surface area contributed by atoms with E-state index in [0.29, 0.717) is 24.0 Å². The minimum absolute atomic E-state index is 0.00370. The Morgan fingerprint density at radius 2 is 2.14 bits per heavy atom. The molecule has 3 aliphatic rings. The summed E-state index contributed by atoms with van der Waals surface area (Å²) in [5.74, 6) is 1.22. The number of Topliss-reactive ketones (excluding diaryl/α,β-unsaturated/α-hetero) is 1. The van der Waals surface area contributed by atoms with E-state index in [0.717, 1.165) is 32.1 Å². The average molecular weight is 302 g/mol. The molecule has 1 saturated carbocycles. The highest BCUT2D eigenvalue weighted by Crippen LogP contribution is 2.56. The third kappa shape index (κ3) is 2.60. The SMILES string of the molecule is C=C(C)[C@H]1CC(=O)[C@@]2(C)CC3O[C@]3(C)CC/C=C(\C)CC[C@H]12. The van der Waals surface area contributed by atoms with Crippen LogP contribution in [0.4, 0.5) is 0 Å². The van der Waals surface area contributed by atoms with Crippen LogP contribution in [0.3, 0.4) is 0 Å². The number of carbonyl (C=O) groups excluding carboxylic acids is 1. The average Bonchev–Trinajstić information content (AvgIpc) is 2.97. The number of allylic oxidation sites excluding steroid dienone is 3. The van der Waals surface area contributed by atoms with Gasteiger partial charge in [-0.1, -0.05) is 30.7 Å². The van der Waals surface area contributed by atoms with Crippen LogP contribution in [-0.4, -0.2) is 17.5 Å². The Hall–Kier alpha value is -0.890. The zero-order chi connectivity index (χ0) is 16.1. The van der Waals surface area contributed by atoms with Crippen LogP contribution in [0.15, 0.2) is 23.8 Å². The van der Waals surface area contributed by atoms with Gasteiger partial charge in [0.25, 0.3) is 0 Å². The molecular weight excluding hydrogens is 272 g/mol. The van der Waals surface area contributed by atoms with Crippen molar-refractivity contribution in [1.29, 1.82) is 0 Å². The molecule has 0 aromatic rings. The van der Waals surface area contributed by atoms with E-state index < -0.39 is 0 Å². The Balaban J connectivity index is 1.92. The molecule has 0 aromatic carbocycles. The molecular formula is C20H30O2. The second-order valence-corrected chi connectivity index (χ2v) is 8.36. The molecule has 3 rings (SSSR count). The zero-order valence-electron chi connectivity index (χ0n) is 14.6. The van der Waals surface area contributed by atoms with E-state index in [1.165, 1.54) is 11.1 Å². The minimum atomic E-state index is -0.226. The van der Waals surface area contributed by atoms with Crippen molar-refractivity contribution in [3.05, 3.63) is 23.8 Å². The van der Waals surface area contributed by atoms with Gasteiger partial charge in [-0.05, 0) is 64.7 Å². The van der Waals surface area contributed by atoms with Crippen LogP contribution < -0.4 is 0 Å². The van der Waals surface area contributed by atoms with Gasteiger partial charge >= 0.3 is 0 Å². The number of hydrogen-bond donors (Lipinski definition) is 0. The lowest BCUT2D eigenvalue weighted by atomic mass is 9.69. The lowest BCUT2D eigenvalue weighted by molar-refractivity contribution is -0.127. The van der Waals surface area contributed by atoms with Crippen LogP contribution in [0, 0.1) is 17.3 Å². The quantitative estimate of drug-likeness (QED) is 0.512. The van der Waals surface area contributed by atoms with Gasteiger partial charge in [0.15, 0.2) is 0 Å². The number of epoxide rings is 1. The van der Waals surface area contributed by atoms with Gasteiger partial charge in [0.05, 0.1) is 11.7 Å². The monoisotopic (exact) mass is 302 g/mol. The highest BCUT2D eigenvalue weighted by Gasteiger charge is 2.59. The maximum absolute atomic E-state index is 12.8. The second kappa shape index (κ2) is 5.33. The zero-order valence-corrected chi connectivity index (χ0v) is 14.6. The van der Waals surface area contributed by atoms with Crippen molar-refractivity contribution in [3.63, 3.8) is 0 Å².